The van der Waals surface area contributed by atoms with Gasteiger partial charge in [-0.3, -0.25) is 9.59 Å². The zero-order valence-electron chi connectivity index (χ0n) is 21.7. The predicted octanol–water partition coefficient (Wildman–Crippen LogP) is 0.821. The first-order chi connectivity index (χ1) is 17.0. The van der Waals surface area contributed by atoms with E-state index >= 15 is 0 Å². The molecule has 204 valence electrons. The number of nitrogens with one attached hydrogen (secondary N) is 1. The number of nitrogens with zero attached hydrogens (tertiary/aromatic N) is 2. The van der Waals surface area contributed by atoms with Crippen molar-refractivity contribution in [3.63, 3.8) is 0 Å². The second-order valence-electron chi connectivity index (χ2n) is 8.49. The lowest BCUT2D eigenvalue weighted by Crippen LogP contribution is -2.49. The highest BCUT2D eigenvalue weighted by atomic mass is 32.2. The Labute approximate surface area is 214 Å². The van der Waals surface area contributed by atoms with Crippen LogP contribution in [0.3, 0.4) is 0 Å². The first-order valence-corrected chi connectivity index (χ1v) is 13.5. The van der Waals surface area contributed by atoms with E-state index < -0.39 is 0 Å². The summed E-state index contributed by atoms with van der Waals surface area (Å²) in [5.74, 6) is 1.13. The third kappa shape index (κ3) is 14.2. The lowest BCUT2D eigenvalue weighted by molar-refractivity contribution is -0.130. The Morgan fingerprint density at radius 3 is 2.11 bits per heavy atom. The molecule has 1 rings (SSSR count). The number of ether oxygens (including phenoxy) is 4. The van der Waals surface area contributed by atoms with Gasteiger partial charge in [0.05, 0.1) is 58.9 Å². The Morgan fingerprint density at radius 2 is 1.54 bits per heavy atom. The average molecular weight is 520 g/mol. The van der Waals surface area contributed by atoms with E-state index in [0.717, 1.165) is 37.7 Å². The van der Waals surface area contributed by atoms with Crippen LogP contribution in [-0.2, 0) is 33.3 Å². The average Bonchev–Trinajstić information content (AvgIpc) is 3.28. The number of aldehydes is 1. The first kappa shape index (κ1) is 31.8. The fraction of sp³-hybridized carbons (Fsp3) is 0.875. The molecular weight excluding hydrogens is 474 g/mol. The van der Waals surface area contributed by atoms with Crippen molar-refractivity contribution in [2.75, 3.05) is 86.3 Å². The standard InChI is InChI=1S/C24H45N3O7S/c1-25-21-19-35-22(24(21)27(3)20-29)7-4-5-8-23(30)26(2)9-12-32-14-16-34-18-17-33-15-13-31-11-6-10-28/h10,20-22,24-25H,4-9,11-19H2,1-3H3/t21-,22-,24-/m0/s1. The Kier molecular flexibility index (Phi) is 19.0. The lowest BCUT2D eigenvalue weighted by atomic mass is 10.0. The summed E-state index contributed by atoms with van der Waals surface area (Å²) in [5.41, 5.74) is 0. The van der Waals surface area contributed by atoms with Gasteiger partial charge in [-0.2, -0.15) is 11.8 Å². The molecule has 0 spiro atoms. The fourth-order valence-electron chi connectivity index (χ4n) is 3.84. The highest BCUT2D eigenvalue weighted by Gasteiger charge is 2.37. The van der Waals surface area contributed by atoms with Crippen LogP contribution in [0.4, 0.5) is 0 Å². The molecule has 0 unspecified atom stereocenters. The molecule has 2 amide bonds. The highest BCUT2D eigenvalue weighted by Crippen LogP contribution is 2.33. The minimum atomic E-state index is 0.130. The van der Waals surface area contributed by atoms with Crippen LogP contribution in [0.25, 0.3) is 0 Å². The topological polar surface area (TPSA) is 107 Å². The van der Waals surface area contributed by atoms with E-state index in [1.54, 1.807) is 9.80 Å². The summed E-state index contributed by atoms with van der Waals surface area (Å²) in [6.07, 6.45) is 5.51. The van der Waals surface area contributed by atoms with Gasteiger partial charge >= 0.3 is 0 Å². The number of hydrogen-bond acceptors (Lipinski definition) is 9. The number of carbonyl (C=O) groups is 3. The van der Waals surface area contributed by atoms with Crippen molar-refractivity contribution in [2.45, 2.75) is 49.4 Å². The van der Waals surface area contributed by atoms with E-state index in [1.165, 1.54) is 0 Å². The molecule has 1 saturated heterocycles. The van der Waals surface area contributed by atoms with Crippen molar-refractivity contribution in [3.05, 3.63) is 0 Å². The zero-order chi connectivity index (χ0) is 25.7. The van der Waals surface area contributed by atoms with Gasteiger partial charge in [0.1, 0.15) is 6.29 Å². The number of amides is 2. The molecule has 0 aliphatic carbocycles. The van der Waals surface area contributed by atoms with E-state index in [4.69, 9.17) is 18.9 Å². The van der Waals surface area contributed by atoms with Gasteiger partial charge in [-0.25, -0.2) is 0 Å². The van der Waals surface area contributed by atoms with Crippen molar-refractivity contribution >= 4 is 30.4 Å². The maximum Gasteiger partial charge on any atom is 0.222 e. The van der Waals surface area contributed by atoms with Crippen LogP contribution < -0.4 is 5.32 Å². The van der Waals surface area contributed by atoms with Crippen LogP contribution >= 0.6 is 11.8 Å². The van der Waals surface area contributed by atoms with E-state index in [-0.39, 0.29) is 11.9 Å². The minimum Gasteiger partial charge on any atom is -0.379 e. The van der Waals surface area contributed by atoms with E-state index in [1.807, 2.05) is 32.9 Å². The van der Waals surface area contributed by atoms with E-state index in [0.29, 0.717) is 83.5 Å². The van der Waals surface area contributed by atoms with Gasteiger partial charge in [-0.1, -0.05) is 6.42 Å². The Bertz CT molecular complexity index is 573. The normalized spacial score (nSPS) is 19.6. The molecule has 0 bridgehead atoms. The Morgan fingerprint density at radius 1 is 0.943 bits per heavy atom. The molecule has 3 atom stereocenters. The van der Waals surface area contributed by atoms with Gasteiger partial charge in [-0.15, -0.1) is 0 Å². The third-order valence-electron chi connectivity index (χ3n) is 5.91. The maximum atomic E-state index is 12.4. The van der Waals surface area contributed by atoms with E-state index in [2.05, 4.69) is 5.32 Å². The van der Waals surface area contributed by atoms with Crippen LogP contribution in [0.1, 0.15) is 32.1 Å². The molecule has 11 heteroatoms. The monoisotopic (exact) mass is 519 g/mol. The summed E-state index contributed by atoms with van der Waals surface area (Å²) >= 11 is 1.91. The Hall–Kier alpha value is -1.24. The summed E-state index contributed by atoms with van der Waals surface area (Å²) in [4.78, 5) is 37.2. The summed E-state index contributed by atoms with van der Waals surface area (Å²) in [6, 6.07) is 0.520. The predicted molar refractivity (Wildman–Crippen MR) is 137 cm³/mol. The number of unbranched alkanes of at least 4 members (excludes halogenated alkanes) is 1. The smallest absolute Gasteiger partial charge is 0.222 e. The molecule has 1 aliphatic heterocycles. The summed E-state index contributed by atoms with van der Waals surface area (Å²) < 4.78 is 21.5. The molecule has 1 aliphatic rings. The molecule has 1 fully saturated rings. The Balaban J connectivity index is 1.98. The van der Waals surface area contributed by atoms with Crippen LogP contribution in [0.2, 0.25) is 0 Å². The number of hydrogen-bond donors (Lipinski definition) is 1. The summed E-state index contributed by atoms with van der Waals surface area (Å²) in [6.45, 7) is 4.33. The number of thioether (sulfide) groups is 1. The molecule has 0 radical (unpaired) electrons. The van der Waals surface area contributed by atoms with Crippen molar-refractivity contribution in [3.8, 4) is 0 Å². The largest absolute Gasteiger partial charge is 0.379 e. The van der Waals surface area contributed by atoms with Crippen LogP contribution in [0, 0.1) is 0 Å². The molecule has 0 saturated carbocycles. The SMILES string of the molecule is CN[C@H]1CS[C@@H](CCCCC(=O)N(C)CCOCCOCCOCCOCCC=O)[C@H]1N(C)C=O. The van der Waals surface area contributed by atoms with Crippen LogP contribution in [-0.4, -0.2) is 132 Å². The first-order valence-electron chi connectivity index (χ1n) is 12.5. The van der Waals surface area contributed by atoms with Gasteiger partial charge in [0.2, 0.25) is 12.3 Å². The molecular formula is C24H45N3O7S. The summed E-state index contributed by atoms with van der Waals surface area (Å²) in [7, 11) is 5.60. The molecule has 0 aromatic rings. The summed E-state index contributed by atoms with van der Waals surface area (Å²) in [5, 5.41) is 3.72. The van der Waals surface area contributed by atoms with Crippen molar-refractivity contribution < 1.29 is 33.3 Å². The molecule has 1 N–H and O–H groups in total. The van der Waals surface area contributed by atoms with Gasteiger partial charge < -0.3 is 38.9 Å². The number of likely N-dealkylation sites (N-methyl/N-ethyl adjacent to an activating group) is 3. The second-order valence-corrected chi connectivity index (χ2v) is 9.77. The maximum absolute atomic E-state index is 12.4. The van der Waals surface area contributed by atoms with Crippen LogP contribution in [0.15, 0.2) is 0 Å². The van der Waals surface area contributed by atoms with Crippen molar-refractivity contribution in [2.24, 2.45) is 0 Å². The van der Waals surface area contributed by atoms with Gasteiger partial charge in [0.15, 0.2) is 0 Å². The number of carbonyl (C=O) groups excluding carboxylic acids is 3. The molecule has 10 nitrogen and oxygen atoms in total. The van der Waals surface area contributed by atoms with Crippen molar-refractivity contribution in [1.82, 2.24) is 15.1 Å². The van der Waals surface area contributed by atoms with Crippen molar-refractivity contribution in [1.29, 1.82) is 0 Å². The zero-order valence-corrected chi connectivity index (χ0v) is 22.5. The fourth-order valence-corrected chi connectivity index (χ4v) is 5.57. The van der Waals surface area contributed by atoms with Gasteiger partial charge in [0.25, 0.3) is 0 Å². The molecule has 1 heterocycles. The third-order valence-corrected chi connectivity index (χ3v) is 7.41. The lowest BCUT2D eigenvalue weighted by Gasteiger charge is -2.30. The highest BCUT2D eigenvalue weighted by molar-refractivity contribution is 8.00. The number of rotatable bonds is 23. The van der Waals surface area contributed by atoms with E-state index in [9.17, 15) is 14.4 Å². The van der Waals surface area contributed by atoms with Gasteiger partial charge in [0, 0.05) is 50.5 Å². The van der Waals surface area contributed by atoms with Gasteiger partial charge in [-0.05, 0) is 19.9 Å². The molecule has 0 aromatic heterocycles. The molecule has 35 heavy (non-hydrogen) atoms. The second kappa shape index (κ2) is 20.9. The quantitative estimate of drug-likeness (QED) is 0.155. The minimum absolute atomic E-state index is 0.130. The van der Waals surface area contributed by atoms with Crippen LogP contribution in [0.5, 0.6) is 0 Å². The molecule has 0 aromatic carbocycles.